The van der Waals surface area contributed by atoms with Gasteiger partial charge < -0.3 is 9.15 Å². The lowest BCUT2D eigenvalue weighted by molar-refractivity contribution is -0.151. The molecule has 0 amide bonds. The summed E-state index contributed by atoms with van der Waals surface area (Å²) in [4.78, 5) is 25.5. The lowest BCUT2D eigenvalue weighted by atomic mass is 9.50. The van der Waals surface area contributed by atoms with Crippen LogP contribution in [0.5, 0.6) is 0 Å². The third-order valence-corrected chi connectivity index (χ3v) is 7.62. The smallest absolute Gasteiger partial charge is 0.316 e. The number of esters is 1. The maximum Gasteiger partial charge on any atom is 0.316 e. The first kappa shape index (κ1) is 16.6. The summed E-state index contributed by atoms with van der Waals surface area (Å²) < 4.78 is 10.3. The Balaban J connectivity index is 1.70. The number of ketones is 1. The summed E-state index contributed by atoms with van der Waals surface area (Å²) in [6.07, 6.45) is 11.5. The number of rotatable bonds is 4. The maximum absolute atomic E-state index is 13.0. The van der Waals surface area contributed by atoms with Crippen molar-refractivity contribution >= 4 is 11.8 Å². The highest BCUT2D eigenvalue weighted by Crippen LogP contribution is 2.79. The number of ether oxygens (including phenoxy) is 1. The van der Waals surface area contributed by atoms with E-state index in [0.29, 0.717) is 5.92 Å². The normalized spacial score (nSPS) is 41.8. The Morgan fingerprint density at radius 2 is 2.24 bits per heavy atom. The van der Waals surface area contributed by atoms with Crippen molar-refractivity contribution in [2.45, 2.75) is 46.0 Å². The van der Waals surface area contributed by atoms with Gasteiger partial charge in [-0.15, -0.1) is 0 Å². The van der Waals surface area contributed by atoms with Crippen LogP contribution in [0.1, 0.15) is 45.1 Å². The average Bonchev–Trinajstić information content (AvgIpc) is 2.98. The van der Waals surface area contributed by atoms with Gasteiger partial charge in [-0.1, -0.05) is 19.9 Å². The van der Waals surface area contributed by atoms with Crippen LogP contribution in [0.4, 0.5) is 0 Å². The second kappa shape index (κ2) is 5.33. The summed E-state index contributed by atoms with van der Waals surface area (Å²) in [6, 6.07) is 1.99. The molecule has 2 saturated carbocycles. The summed E-state index contributed by atoms with van der Waals surface area (Å²) in [5.74, 6) is 0.368. The number of furan rings is 1. The molecule has 134 valence electrons. The van der Waals surface area contributed by atoms with E-state index in [1.807, 2.05) is 12.1 Å². The molecular formula is C21H26O4. The minimum absolute atomic E-state index is 0.0975. The SMILES string of the molecule is COC(=O)[C@@]12C=CC(=O)[C@@H]3[C@@](C)(CCc4ccoc4)[C@H](C)CC[C@]31C2. The first-order valence-electron chi connectivity index (χ1n) is 9.22. The number of hydrogen-bond acceptors (Lipinski definition) is 4. The van der Waals surface area contributed by atoms with Crippen molar-refractivity contribution in [2.75, 3.05) is 7.11 Å². The topological polar surface area (TPSA) is 56.5 Å². The minimum Gasteiger partial charge on any atom is -0.472 e. The van der Waals surface area contributed by atoms with Gasteiger partial charge in [0, 0.05) is 11.3 Å². The standard InChI is InChI=1S/C21H26O4/c1-14-4-9-20-13-21(20,18(23)24-3)10-6-16(22)17(20)19(14,2)8-5-15-7-11-25-12-15/h6-7,10-12,14,17H,4-5,8-9,13H2,1-3H3/t14-,17-,19+,20+,21+/m1/s1. The first-order valence-corrected chi connectivity index (χ1v) is 9.22. The van der Waals surface area contributed by atoms with Crippen molar-refractivity contribution in [1.82, 2.24) is 0 Å². The molecule has 3 aliphatic rings. The van der Waals surface area contributed by atoms with Crippen molar-refractivity contribution < 1.29 is 18.7 Å². The predicted octanol–water partition coefficient (Wildman–Crippen LogP) is 3.95. The van der Waals surface area contributed by atoms with E-state index in [1.165, 1.54) is 12.7 Å². The zero-order valence-corrected chi connectivity index (χ0v) is 15.2. The molecule has 4 nitrogen and oxygen atoms in total. The molecule has 0 saturated heterocycles. The van der Waals surface area contributed by atoms with Crippen LogP contribution in [0.2, 0.25) is 0 Å². The fourth-order valence-electron chi connectivity index (χ4n) is 5.90. The molecule has 1 heterocycles. The van der Waals surface area contributed by atoms with Crippen LogP contribution in [0, 0.1) is 28.1 Å². The van der Waals surface area contributed by atoms with E-state index < -0.39 is 5.41 Å². The molecular weight excluding hydrogens is 316 g/mol. The highest BCUT2D eigenvalue weighted by Gasteiger charge is 2.79. The summed E-state index contributed by atoms with van der Waals surface area (Å²) in [6.45, 7) is 4.51. The number of carbonyl (C=O) groups is 2. The molecule has 1 aromatic heterocycles. The van der Waals surface area contributed by atoms with Crippen LogP contribution >= 0.6 is 0 Å². The lowest BCUT2D eigenvalue weighted by Gasteiger charge is -2.52. The van der Waals surface area contributed by atoms with Crippen molar-refractivity contribution in [3.63, 3.8) is 0 Å². The third kappa shape index (κ3) is 2.06. The molecule has 4 heteroatoms. The number of methoxy groups -OCH3 is 1. The van der Waals surface area contributed by atoms with Crippen molar-refractivity contribution in [3.05, 3.63) is 36.3 Å². The summed E-state index contributed by atoms with van der Waals surface area (Å²) in [5.41, 5.74) is 0.246. The van der Waals surface area contributed by atoms with Crippen LogP contribution in [0.3, 0.4) is 0 Å². The monoisotopic (exact) mass is 342 g/mol. The average molecular weight is 342 g/mol. The first-order chi connectivity index (χ1) is 11.9. The Labute approximate surface area is 148 Å². The number of aryl methyl sites for hydroxylation is 1. The van der Waals surface area contributed by atoms with Crippen LogP contribution in [-0.2, 0) is 20.7 Å². The Kier molecular flexibility index (Phi) is 3.54. The van der Waals surface area contributed by atoms with Crippen LogP contribution in [-0.4, -0.2) is 18.9 Å². The van der Waals surface area contributed by atoms with Gasteiger partial charge in [-0.25, -0.2) is 0 Å². The molecule has 0 aliphatic heterocycles. The third-order valence-electron chi connectivity index (χ3n) is 7.62. The van der Waals surface area contributed by atoms with Gasteiger partial charge in [-0.2, -0.15) is 0 Å². The molecule has 0 radical (unpaired) electrons. The fraction of sp³-hybridized carbons (Fsp3) is 0.619. The van der Waals surface area contributed by atoms with Gasteiger partial charge in [0.25, 0.3) is 0 Å². The molecule has 0 aromatic carbocycles. The van der Waals surface area contributed by atoms with Gasteiger partial charge >= 0.3 is 5.97 Å². The molecule has 0 unspecified atom stereocenters. The van der Waals surface area contributed by atoms with E-state index >= 15 is 0 Å². The number of hydrogen-bond donors (Lipinski definition) is 0. The van der Waals surface area contributed by atoms with Gasteiger partial charge in [0.2, 0.25) is 0 Å². The molecule has 25 heavy (non-hydrogen) atoms. The van der Waals surface area contributed by atoms with Gasteiger partial charge in [0.15, 0.2) is 5.78 Å². The highest BCUT2D eigenvalue weighted by molar-refractivity contribution is 6.00. The Bertz CT molecular complexity index is 733. The fourth-order valence-corrected chi connectivity index (χ4v) is 5.90. The molecule has 2 fully saturated rings. The number of allylic oxidation sites excluding steroid dienone is 1. The van der Waals surface area contributed by atoms with Crippen molar-refractivity contribution in [1.29, 1.82) is 0 Å². The summed E-state index contributed by atoms with van der Waals surface area (Å²) >= 11 is 0. The Hall–Kier alpha value is -1.84. The zero-order chi connectivity index (χ0) is 17.9. The van der Waals surface area contributed by atoms with Gasteiger partial charge in [0.05, 0.1) is 25.1 Å². The Morgan fingerprint density at radius 1 is 1.44 bits per heavy atom. The predicted molar refractivity (Wildman–Crippen MR) is 92.7 cm³/mol. The zero-order valence-electron chi connectivity index (χ0n) is 15.2. The molecule has 4 rings (SSSR count). The maximum atomic E-state index is 13.0. The highest BCUT2D eigenvalue weighted by atomic mass is 16.5. The van der Waals surface area contributed by atoms with Crippen molar-refractivity contribution in [2.24, 2.45) is 28.1 Å². The minimum atomic E-state index is -0.572. The molecule has 0 N–H and O–H groups in total. The molecule has 1 aromatic rings. The van der Waals surface area contributed by atoms with Gasteiger partial charge in [-0.3, -0.25) is 9.59 Å². The summed E-state index contributed by atoms with van der Waals surface area (Å²) in [7, 11) is 1.45. The van der Waals surface area contributed by atoms with E-state index in [-0.39, 0.29) is 28.5 Å². The summed E-state index contributed by atoms with van der Waals surface area (Å²) in [5, 5.41) is 0. The van der Waals surface area contributed by atoms with Gasteiger partial charge in [-0.05, 0) is 61.1 Å². The van der Waals surface area contributed by atoms with E-state index in [9.17, 15) is 9.59 Å². The molecule has 1 spiro atoms. The number of carbonyl (C=O) groups excluding carboxylic acids is 2. The van der Waals surface area contributed by atoms with Gasteiger partial charge in [0.1, 0.15) is 0 Å². The van der Waals surface area contributed by atoms with Crippen LogP contribution in [0.15, 0.2) is 35.2 Å². The second-order valence-corrected chi connectivity index (χ2v) is 8.54. The lowest BCUT2D eigenvalue weighted by Crippen LogP contribution is -2.51. The largest absolute Gasteiger partial charge is 0.472 e. The van der Waals surface area contributed by atoms with E-state index in [0.717, 1.165) is 32.1 Å². The second-order valence-electron chi connectivity index (χ2n) is 8.54. The van der Waals surface area contributed by atoms with E-state index in [1.54, 1.807) is 18.6 Å². The molecule has 5 atom stereocenters. The van der Waals surface area contributed by atoms with Crippen molar-refractivity contribution in [3.8, 4) is 0 Å². The van der Waals surface area contributed by atoms with E-state index in [4.69, 9.17) is 9.15 Å². The van der Waals surface area contributed by atoms with E-state index in [2.05, 4.69) is 13.8 Å². The Morgan fingerprint density at radius 3 is 2.92 bits per heavy atom. The molecule has 0 bridgehead atoms. The van der Waals surface area contributed by atoms with Crippen LogP contribution in [0.25, 0.3) is 0 Å². The molecule has 3 aliphatic carbocycles. The van der Waals surface area contributed by atoms with Crippen LogP contribution < -0.4 is 0 Å². The quantitative estimate of drug-likeness (QED) is 0.777.